The van der Waals surface area contributed by atoms with Gasteiger partial charge in [-0.25, -0.2) is 0 Å². The first-order valence-electron chi connectivity index (χ1n) is 9.42. The number of fused-ring (bicyclic) bond motifs is 4. The highest BCUT2D eigenvalue weighted by Gasteiger charge is 2.53. The summed E-state index contributed by atoms with van der Waals surface area (Å²) in [5.74, 6) is 1.48. The second-order valence-electron chi connectivity index (χ2n) is 7.46. The zero-order valence-electron chi connectivity index (χ0n) is 16.2. The van der Waals surface area contributed by atoms with Crippen LogP contribution < -0.4 is 9.47 Å². The highest BCUT2D eigenvalue weighted by Crippen LogP contribution is 2.54. The molecule has 5 nitrogen and oxygen atoms in total. The van der Waals surface area contributed by atoms with Crippen molar-refractivity contribution >= 4 is 5.91 Å². The molecule has 0 radical (unpaired) electrons. The van der Waals surface area contributed by atoms with Crippen LogP contribution in [-0.4, -0.2) is 36.6 Å². The summed E-state index contributed by atoms with van der Waals surface area (Å²) in [6.07, 6.45) is 3.98. The number of amides is 1. The Labute approximate surface area is 164 Å². The highest BCUT2D eigenvalue weighted by molar-refractivity contribution is 5.95. The SMILES string of the molecule is COc1ccc(-c2ccc3c(c2)-n2cccc2C(=O)N(C)C32CC2)cc1OC. The Morgan fingerprint density at radius 2 is 1.64 bits per heavy atom. The first-order valence-corrected chi connectivity index (χ1v) is 9.42. The molecule has 5 rings (SSSR count). The van der Waals surface area contributed by atoms with Gasteiger partial charge in [0, 0.05) is 18.8 Å². The van der Waals surface area contributed by atoms with Crippen molar-refractivity contribution in [3.8, 4) is 28.3 Å². The fraction of sp³-hybridized carbons (Fsp3) is 0.261. The Morgan fingerprint density at radius 3 is 2.36 bits per heavy atom. The van der Waals surface area contributed by atoms with Crippen molar-refractivity contribution in [3.05, 3.63) is 66.0 Å². The molecule has 1 spiro atoms. The minimum atomic E-state index is -0.179. The molecule has 1 amide bonds. The minimum Gasteiger partial charge on any atom is -0.493 e. The maximum atomic E-state index is 13.0. The highest BCUT2D eigenvalue weighted by atomic mass is 16.5. The molecule has 142 valence electrons. The Balaban J connectivity index is 1.70. The van der Waals surface area contributed by atoms with Gasteiger partial charge in [-0.3, -0.25) is 4.79 Å². The van der Waals surface area contributed by atoms with Gasteiger partial charge in [-0.05, 0) is 54.3 Å². The van der Waals surface area contributed by atoms with E-state index >= 15 is 0 Å². The Morgan fingerprint density at radius 1 is 0.929 bits per heavy atom. The summed E-state index contributed by atoms with van der Waals surface area (Å²) in [6.45, 7) is 0. The van der Waals surface area contributed by atoms with Crippen LogP contribution in [0.2, 0.25) is 0 Å². The molecule has 1 fully saturated rings. The van der Waals surface area contributed by atoms with Gasteiger partial charge in [-0.15, -0.1) is 0 Å². The van der Waals surface area contributed by atoms with E-state index < -0.39 is 0 Å². The van der Waals surface area contributed by atoms with Crippen LogP contribution in [-0.2, 0) is 5.54 Å². The van der Waals surface area contributed by atoms with Crippen molar-refractivity contribution in [2.75, 3.05) is 21.3 Å². The largest absolute Gasteiger partial charge is 0.493 e. The summed E-state index contributed by atoms with van der Waals surface area (Å²) in [4.78, 5) is 14.9. The maximum absolute atomic E-state index is 13.0. The van der Waals surface area contributed by atoms with E-state index in [9.17, 15) is 4.79 Å². The van der Waals surface area contributed by atoms with Gasteiger partial charge in [0.25, 0.3) is 5.91 Å². The second kappa shape index (κ2) is 5.89. The standard InChI is InChI=1S/C23H22N2O3/c1-24-22(26)18-5-4-12-25(18)19-13-15(6-8-17(19)23(24)10-11-23)16-7-9-20(27-2)21(14-16)28-3/h4-9,12-14H,10-11H2,1-3H3. The molecule has 0 unspecified atom stereocenters. The van der Waals surface area contributed by atoms with E-state index in [-0.39, 0.29) is 11.4 Å². The van der Waals surface area contributed by atoms with Crippen molar-refractivity contribution in [2.24, 2.45) is 0 Å². The average molecular weight is 374 g/mol. The average Bonchev–Trinajstić information content (AvgIpc) is 3.41. The number of aromatic nitrogens is 1. The quantitative estimate of drug-likeness (QED) is 0.689. The van der Waals surface area contributed by atoms with Crippen LogP contribution in [0.15, 0.2) is 54.7 Å². The summed E-state index contributed by atoms with van der Waals surface area (Å²) in [5.41, 5.74) is 4.93. The van der Waals surface area contributed by atoms with Crippen molar-refractivity contribution in [1.82, 2.24) is 9.47 Å². The number of rotatable bonds is 3. The summed E-state index contributed by atoms with van der Waals surface area (Å²) >= 11 is 0. The monoisotopic (exact) mass is 374 g/mol. The molecular formula is C23H22N2O3. The van der Waals surface area contributed by atoms with Crippen LogP contribution in [0, 0.1) is 0 Å². The molecule has 28 heavy (non-hydrogen) atoms. The van der Waals surface area contributed by atoms with Gasteiger partial charge < -0.3 is 18.9 Å². The molecule has 0 saturated heterocycles. The number of hydrogen-bond donors (Lipinski definition) is 0. The third-order valence-corrected chi connectivity index (χ3v) is 6.11. The number of methoxy groups -OCH3 is 2. The Bertz CT molecular complexity index is 1090. The number of ether oxygens (including phenoxy) is 2. The topological polar surface area (TPSA) is 43.7 Å². The van der Waals surface area contributed by atoms with E-state index in [0.29, 0.717) is 17.2 Å². The molecule has 3 aromatic rings. The smallest absolute Gasteiger partial charge is 0.271 e. The zero-order chi connectivity index (χ0) is 19.5. The zero-order valence-corrected chi connectivity index (χ0v) is 16.2. The predicted molar refractivity (Wildman–Crippen MR) is 107 cm³/mol. The van der Waals surface area contributed by atoms with Crippen molar-refractivity contribution in [1.29, 1.82) is 0 Å². The summed E-state index contributed by atoms with van der Waals surface area (Å²) in [7, 11) is 5.20. The molecular weight excluding hydrogens is 352 g/mol. The second-order valence-corrected chi connectivity index (χ2v) is 7.46. The van der Waals surface area contributed by atoms with Crippen molar-refractivity contribution in [3.63, 3.8) is 0 Å². The van der Waals surface area contributed by atoms with Gasteiger partial charge in [-0.2, -0.15) is 0 Å². The normalized spacial score (nSPS) is 16.4. The predicted octanol–water partition coefficient (Wildman–Crippen LogP) is 4.24. The fourth-order valence-corrected chi connectivity index (χ4v) is 4.36. The minimum absolute atomic E-state index is 0.0753. The van der Waals surface area contributed by atoms with Gasteiger partial charge in [0.2, 0.25) is 0 Å². The molecule has 1 saturated carbocycles. The molecule has 2 aliphatic rings. The van der Waals surface area contributed by atoms with Crippen LogP contribution in [0.3, 0.4) is 0 Å². The van der Waals surface area contributed by atoms with Crippen LogP contribution >= 0.6 is 0 Å². The lowest BCUT2D eigenvalue weighted by molar-refractivity contribution is 0.0705. The van der Waals surface area contributed by atoms with Gasteiger partial charge >= 0.3 is 0 Å². The Kier molecular flexibility index (Phi) is 3.56. The lowest BCUT2D eigenvalue weighted by Crippen LogP contribution is -2.36. The first kappa shape index (κ1) is 16.9. The molecule has 0 N–H and O–H groups in total. The van der Waals surface area contributed by atoms with Crippen LogP contribution in [0.5, 0.6) is 11.5 Å². The molecule has 5 heteroatoms. The Hall–Kier alpha value is -3.21. The van der Waals surface area contributed by atoms with E-state index in [1.807, 2.05) is 53.0 Å². The molecule has 2 aromatic carbocycles. The fourth-order valence-electron chi connectivity index (χ4n) is 4.36. The number of nitrogens with zero attached hydrogens (tertiary/aromatic N) is 2. The van der Waals surface area contributed by atoms with E-state index in [2.05, 4.69) is 18.2 Å². The summed E-state index contributed by atoms with van der Waals surface area (Å²) in [5, 5.41) is 0. The number of hydrogen-bond acceptors (Lipinski definition) is 3. The molecule has 0 bridgehead atoms. The summed E-state index contributed by atoms with van der Waals surface area (Å²) in [6, 6.07) is 16.2. The van der Waals surface area contributed by atoms with Crippen LogP contribution in [0.1, 0.15) is 28.9 Å². The van der Waals surface area contributed by atoms with Gasteiger partial charge in [0.05, 0.1) is 25.4 Å². The summed E-state index contributed by atoms with van der Waals surface area (Å²) < 4.78 is 12.8. The van der Waals surface area contributed by atoms with E-state index in [1.54, 1.807) is 14.2 Å². The van der Waals surface area contributed by atoms with Crippen molar-refractivity contribution < 1.29 is 14.3 Å². The van der Waals surface area contributed by atoms with Gasteiger partial charge in [0.15, 0.2) is 11.5 Å². The number of carbonyl (C=O) groups excluding carboxylic acids is 1. The lowest BCUT2D eigenvalue weighted by atomic mass is 9.96. The molecule has 2 heterocycles. The molecule has 1 aliphatic heterocycles. The van der Waals surface area contributed by atoms with Gasteiger partial charge in [-0.1, -0.05) is 18.2 Å². The number of benzene rings is 2. The van der Waals surface area contributed by atoms with E-state index in [0.717, 1.165) is 29.7 Å². The van der Waals surface area contributed by atoms with Crippen LogP contribution in [0.25, 0.3) is 16.8 Å². The maximum Gasteiger partial charge on any atom is 0.271 e. The molecule has 0 atom stereocenters. The van der Waals surface area contributed by atoms with E-state index in [1.165, 1.54) is 5.56 Å². The van der Waals surface area contributed by atoms with Crippen LogP contribution in [0.4, 0.5) is 0 Å². The number of carbonyl (C=O) groups is 1. The first-order chi connectivity index (χ1) is 13.6. The molecule has 1 aliphatic carbocycles. The lowest BCUT2D eigenvalue weighted by Gasteiger charge is -2.27. The molecule has 1 aromatic heterocycles. The van der Waals surface area contributed by atoms with E-state index in [4.69, 9.17) is 9.47 Å². The third-order valence-electron chi connectivity index (χ3n) is 6.11. The third kappa shape index (κ3) is 2.22. The van der Waals surface area contributed by atoms with Crippen molar-refractivity contribution in [2.45, 2.75) is 18.4 Å². The van der Waals surface area contributed by atoms with Gasteiger partial charge in [0.1, 0.15) is 5.69 Å².